The van der Waals surface area contributed by atoms with Crippen LogP contribution in [0.4, 0.5) is 0 Å². The molecule has 5 heteroatoms. The molecule has 0 atom stereocenters. The first-order valence-electron chi connectivity index (χ1n) is 19.8. The summed E-state index contributed by atoms with van der Waals surface area (Å²) in [6, 6.07) is 31.8. The van der Waals surface area contributed by atoms with Crippen LogP contribution in [0.2, 0.25) is 0 Å². The Kier molecular flexibility index (Phi) is 16.1. The van der Waals surface area contributed by atoms with Gasteiger partial charge in [0, 0.05) is 49.9 Å². The maximum absolute atomic E-state index is 12.0. The second kappa shape index (κ2) is 20.5. The van der Waals surface area contributed by atoms with Crippen LogP contribution in [0.1, 0.15) is 95.1 Å². The molecule has 0 bridgehead atoms. The zero-order valence-electron chi connectivity index (χ0n) is 35.6. The molecule has 291 valence electrons. The molecule has 0 unspecified atom stereocenters. The Morgan fingerprint density at radius 3 is 1.64 bits per heavy atom. The monoisotopic (exact) mass is 912 g/mol. The number of hydrogen-bond acceptors (Lipinski definition) is 4. The van der Waals surface area contributed by atoms with Gasteiger partial charge in [0.1, 0.15) is 0 Å². The van der Waals surface area contributed by atoms with Gasteiger partial charge in [0.15, 0.2) is 5.78 Å². The standard InChI is InChI=1S/2C18H16N.C14H26O2.Ir/c2*1-12-4-5-17-15(9-12)6-7-19-18(17)16-10-13(2)8-14(3)11-16;1-6-11(7-2)12(15)10-13(16)14(5,8-3)9-4;/h2*4-10H,1-3H3;10-11,15H,6-9H2,1-5H3;/q2*-1;;/b;;12-10-;/i7D;;;. The van der Waals surface area contributed by atoms with E-state index in [1.807, 2.05) is 53.8 Å². The molecule has 2 aromatic heterocycles. The SMILES string of the molecule is CCC(CC)/C(O)=C/C(=O)C(C)(CC)CC.Cc1[c-]c(-c2nccc3cc(C)ccc23)cc(C)c1.[2H]c1cc2cc(C)ccc2c(-c2[c-]c(C)cc(C)c2)n1.[Ir]. The van der Waals surface area contributed by atoms with E-state index < -0.39 is 0 Å². The molecular weight excluding hydrogens is 853 g/mol. The number of rotatable bonds is 9. The summed E-state index contributed by atoms with van der Waals surface area (Å²) in [6.07, 6.45) is 7.00. The molecule has 0 saturated heterocycles. The van der Waals surface area contributed by atoms with Crippen LogP contribution in [-0.4, -0.2) is 20.9 Å². The second-order valence-electron chi connectivity index (χ2n) is 14.9. The predicted molar refractivity (Wildman–Crippen MR) is 229 cm³/mol. The number of carbonyl (C=O) groups is 1. The minimum absolute atomic E-state index is 0. The van der Waals surface area contributed by atoms with Crippen LogP contribution in [0.25, 0.3) is 44.1 Å². The first kappa shape index (κ1) is 43.3. The predicted octanol–water partition coefficient (Wildman–Crippen LogP) is 13.5. The van der Waals surface area contributed by atoms with Crippen molar-refractivity contribution >= 4 is 27.3 Å². The Morgan fingerprint density at radius 1 is 0.709 bits per heavy atom. The number of hydrogen-bond donors (Lipinski definition) is 1. The minimum atomic E-state index is -0.319. The van der Waals surface area contributed by atoms with Crippen LogP contribution in [-0.2, 0) is 24.9 Å². The fourth-order valence-corrected chi connectivity index (χ4v) is 6.74. The number of aromatic nitrogens is 2. The largest absolute Gasteiger partial charge is 0.512 e. The number of aliphatic hydroxyl groups excluding tert-OH is 1. The maximum atomic E-state index is 12.0. The topological polar surface area (TPSA) is 63.1 Å². The maximum Gasteiger partial charge on any atom is 0.164 e. The molecule has 0 aliphatic rings. The summed E-state index contributed by atoms with van der Waals surface area (Å²) < 4.78 is 7.92. The molecule has 2 heterocycles. The summed E-state index contributed by atoms with van der Waals surface area (Å²) >= 11 is 0. The number of allylic oxidation sites excluding steroid dienone is 2. The van der Waals surface area contributed by atoms with Crippen LogP contribution in [0.15, 0.2) is 97.0 Å². The minimum Gasteiger partial charge on any atom is -0.512 e. The van der Waals surface area contributed by atoms with Crippen LogP contribution in [0.5, 0.6) is 0 Å². The van der Waals surface area contributed by atoms with Crippen molar-refractivity contribution in [2.45, 2.75) is 102 Å². The van der Waals surface area contributed by atoms with Crippen molar-refractivity contribution < 1.29 is 31.4 Å². The van der Waals surface area contributed by atoms with Crippen molar-refractivity contribution in [1.29, 1.82) is 0 Å². The van der Waals surface area contributed by atoms with Gasteiger partial charge in [-0.05, 0) is 84.6 Å². The Balaban J connectivity index is 0.000000225. The number of benzene rings is 4. The van der Waals surface area contributed by atoms with Crippen molar-refractivity contribution in [3.63, 3.8) is 0 Å². The van der Waals surface area contributed by atoms with Crippen molar-refractivity contribution in [3.05, 3.63) is 143 Å². The molecule has 0 fully saturated rings. The van der Waals surface area contributed by atoms with Gasteiger partial charge in [-0.3, -0.25) is 4.79 Å². The fraction of sp³-hybridized carbons (Fsp3) is 0.340. The molecule has 0 saturated carbocycles. The number of fused-ring (bicyclic) bond motifs is 2. The fourth-order valence-electron chi connectivity index (χ4n) is 6.74. The normalized spacial score (nSPS) is 11.6. The molecule has 6 rings (SSSR count). The summed E-state index contributed by atoms with van der Waals surface area (Å²) in [7, 11) is 0. The Labute approximate surface area is 345 Å². The van der Waals surface area contributed by atoms with E-state index >= 15 is 0 Å². The van der Waals surface area contributed by atoms with E-state index in [9.17, 15) is 9.90 Å². The van der Waals surface area contributed by atoms with Gasteiger partial charge in [-0.2, -0.15) is 0 Å². The summed E-state index contributed by atoms with van der Waals surface area (Å²) in [5.41, 5.74) is 10.7. The molecule has 4 nitrogen and oxygen atoms in total. The zero-order valence-corrected chi connectivity index (χ0v) is 37.0. The molecule has 1 N–H and O–H groups in total. The average Bonchev–Trinajstić information content (AvgIpc) is 3.13. The Morgan fingerprint density at radius 2 is 1.18 bits per heavy atom. The summed E-state index contributed by atoms with van der Waals surface area (Å²) in [6.45, 7) is 22.5. The first-order valence-corrected chi connectivity index (χ1v) is 19.3. The molecule has 6 aromatic rings. The van der Waals surface area contributed by atoms with E-state index in [-0.39, 0.29) is 43.0 Å². The average molecular weight is 912 g/mol. The van der Waals surface area contributed by atoms with E-state index in [0.29, 0.717) is 6.17 Å². The number of aliphatic hydroxyl groups is 1. The third-order valence-corrected chi connectivity index (χ3v) is 10.4. The van der Waals surface area contributed by atoms with Gasteiger partial charge in [-0.25, -0.2) is 0 Å². The molecule has 55 heavy (non-hydrogen) atoms. The van der Waals surface area contributed by atoms with Gasteiger partial charge in [0.05, 0.1) is 7.13 Å². The van der Waals surface area contributed by atoms with Crippen molar-refractivity contribution in [2.24, 2.45) is 11.3 Å². The molecule has 4 aromatic carbocycles. The number of pyridine rings is 2. The van der Waals surface area contributed by atoms with Crippen molar-refractivity contribution in [1.82, 2.24) is 9.97 Å². The first-order chi connectivity index (χ1) is 26.1. The summed E-state index contributed by atoms with van der Waals surface area (Å²) in [4.78, 5) is 21.0. The van der Waals surface area contributed by atoms with Gasteiger partial charge in [-0.1, -0.05) is 110 Å². The van der Waals surface area contributed by atoms with Crippen LogP contribution in [0, 0.1) is 65.0 Å². The number of aryl methyl sites for hydroxylation is 6. The van der Waals surface area contributed by atoms with E-state index in [2.05, 4.69) is 123 Å². The van der Waals surface area contributed by atoms with E-state index in [0.717, 1.165) is 70.1 Å². The molecule has 0 aliphatic carbocycles. The van der Waals surface area contributed by atoms with E-state index in [1.54, 1.807) is 0 Å². The van der Waals surface area contributed by atoms with Gasteiger partial charge < -0.3 is 15.1 Å². The molecule has 1 radical (unpaired) electrons. The smallest absolute Gasteiger partial charge is 0.164 e. The van der Waals surface area contributed by atoms with Crippen LogP contribution in [0.3, 0.4) is 0 Å². The number of carbonyl (C=O) groups excluding carboxylic acids is 1. The third-order valence-electron chi connectivity index (χ3n) is 10.4. The summed E-state index contributed by atoms with van der Waals surface area (Å²) in [5.74, 6) is 0.437. The third kappa shape index (κ3) is 11.8. The van der Waals surface area contributed by atoms with Crippen molar-refractivity contribution in [3.8, 4) is 22.5 Å². The summed E-state index contributed by atoms with van der Waals surface area (Å²) in [5, 5.41) is 14.4. The Bertz CT molecular complexity index is 2260. The number of nitrogens with zero attached hydrogens (tertiary/aromatic N) is 2. The van der Waals surface area contributed by atoms with Crippen LogP contribution >= 0.6 is 0 Å². The molecule has 0 aliphatic heterocycles. The molecule has 0 amide bonds. The van der Waals surface area contributed by atoms with Gasteiger partial charge in [0.25, 0.3) is 0 Å². The van der Waals surface area contributed by atoms with Crippen LogP contribution < -0.4 is 0 Å². The quantitative estimate of drug-likeness (QED) is 0.0892. The second-order valence-corrected chi connectivity index (χ2v) is 14.9. The van der Waals surface area contributed by atoms with E-state index in [4.69, 9.17) is 1.37 Å². The van der Waals surface area contributed by atoms with Gasteiger partial charge in [0.2, 0.25) is 0 Å². The van der Waals surface area contributed by atoms with Crippen molar-refractivity contribution in [2.75, 3.05) is 0 Å². The van der Waals surface area contributed by atoms with E-state index in [1.165, 1.54) is 39.1 Å². The number of ketones is 1. The van der Waals surface area contributed by atoms with Gasteiger partial charge in [-0.15, -0.1) is 69.8 Å². The Hall–Kier alpha value is -4.44. The van der Waals surface area contributed by atoms with Gasteiger partial charge >= 0.3 is 0 Å². The molecule has 0 spiro atoms. The molecular formula is C50H58IrN2O2-2. The zero-order chi connectivity index (χ0) is 40.4.